The van der Waals surface area contributed by atoms with E-state index in [2.05, 4.69) is 36.5 Å². The molecule has 1 saturated heterocycles. The van der Waals surface area contributed by atoms with Crippen LogP contribution in [0, 0.1) is 5.92 Å². The minimum absolute atomic E-state index is 0.803. The van der Waals surface area contributed by atoms with Gasteiger partial charge < -0.3 is 5.32 Å². The molecule has 1 N–H and O–H groups in total. The van der Waals surface area contributed by atoms with E-state index in [1.54, 1.807) is 11.1 Å². The van der Waals surface area contributed by atoms with Crippen LogP contribution in [0.25, 0.3) is 0 Å². The molecule has 1 saturated carbocycles. The number of benzene rings is 1. The van der Waals surface area contributed by atoms with E-state index in [9.17, 15) is 0 Å². The van der Waals surface area contributed by atoms with Crippen molar-refractivity contribution >= 4 is 0 Å². The van der Waals surface area contributed by atoms with Crippen LogP contribution < -0.4 is 5.32 Å². The predicted molar refractivity (Wildman–Crippen MR) is 81.7 cm³/mol. The molecule has 104 valence electrons. The molecule has 0 atom stereocenters. The van der Waals surface area contributed by atoms with Crippen LogP contribution >= 0.6 is 0 Å². The fraction of sp³-hybridized carbons (Fsp3) is 0.667. The van der Waals surface area contributed by atoms with Crippen molar-refractivity contribution in [2.75, 3.05) is 13.1 Å². The second kappa shape index (κ2) is 6.09. The molecule has 1 aliphatic carbocycles. The molecule has 3 rings (SSSR count). The number of rotatable bonds is 2. The summed E-state index contributed by atoms with van der Waals surface area (Å²) >= 11 is 0. The molecule has 1 aromatic carbocycles. The summed E-state index contributed by atoms with van der Waals surface area (Å²) in [6.45, 7) is 4.80. The highest BCUT2D eigenvalue weighted by atomic mass is 14.9. The van der Waals surface area contributed by atoms with Crippen LogP contribution in [-0.4, -0.2) is 13.1 Å². The third-order valence-corrected chi connectivity index (χ3v) is 5.23. The Kier molecular flexibility index (Phi) is 4.22. The van der Waals surface area contributed by atoms with Crippen molar-refractivity contribution in [3.63, 3.8) is 0 Å². The Hall–Kier alpha value is -0.820. The molecule has 0 aromatic heterocycles. The lowest BCUT2D eigenvalue weighted by Gasteiger charge is -2.31. The maximum Gasteiger partial charge on any atom is -0.00431 e. The lowest BCUT2D eigenvalue weighted by Crippen LogP contribution is -2.27. The zero-order valence-corrected chi connectivity index (χ0v) is 12.2. The molecule has 19 heavy (non-hydrogen) atoms. The van der Waals surface area contributed by atoms with Crippen molar-refractivity contribution in [2.45, 2.75) is 57.3 Å². The van der Waals surface area contributed by atoms with Crippen LogP contribution in [0.15, 0.2) is 24.3 Å². The summed E-state index contributed by atoms with van der Waals surface area (Å²) in [4.78, 5) is 0. The highest BCUT2D eigenvalue weighted by molar-refractivity contribution is 5.34. The van der Waals surface area contributed by atoms with Gasteiger partial charge in [0, 0.05) is 0 Å². The van der Waals surface area contributed by atoms with Gasteiger partial charge in [-0.15, -0.1) is 0 Å². The second-order valence-corrected chi connectivity index (χ2v) is 6.61. The summed E-state index contributed by atoms with van der Waals surface area (Å²) < 4.78 is 0. The number of hydrogen-bond acceptors (Lipinski definition) is 1. The molecular formula is C18H27N. The number of hydrogen-bond donors (Lipinski definition) is 1. The standard InChI is InChI=1S/C18H27N/c1-14-6-8-15(9-7-14)17-4-2-3-5-18(17)16-10-12-19-13-11-16/h2-5,14-16,19H,6-13H2,1H3. The Labute approximate surface area is 117 Å². The second-order valence-electron chi connectivity index (χ2n) is 6.61. The monoisotopic (exact) mass is 257 g/mol. The van der Waals surface area contributed by atoms with Crippen molar-refractivity contribution in [2.24, 2.45) is 5.92 Å². The van der Waals surface area contributed by atoms with Crippen molar-refractivity contribution < 1.29 is 0 Å². The van der Waals surface area contributed by atoms with Crippen LogP contribution in [0.1, 0.15) is 68.4 Å². The minimum atomic E-state index is 0.803. The summed E-state index contributed by atoms with van der Waals surface area (Å²) in [5.41, 5.74) is 3.35. The molecule has 1 heterocycles. The average Bonchev–Trinajstić information content (AvgIpc) is 2.49. The SMILES string of the molecule is CC1CCC(c2ccccc2C2CCNCC2)CC1. The molecule has 0 amide bonds. The minimum Gasteiger partial charge on any atom is -0.317 e. The Morgan fingerprint density at radius 2 is 1.32 bits per heavy atom. The van der Waals surface area contributed by atoms with Gasteiger partial charge in [0.25, 0.3) is 0 Å². The van der Waals surface area contributed by atoms with Crippen LogP contribution in [0.3, 0.4) is 0 Å². The molecule has 1 aromatic rings. The lowest BCUT2D eigenvalue weighted by molar-refractivity contribution is 0.344. The Balaban J connectivity index is 1.80. The molecule has 0 bridgehead atoms. The quantitative estimate of drug-likeness (QED) is 0.825. The van der Waals surface area contributed by atoms with Gasteiger partial charge >= 0.3 is 0 Å². The highest BCUT2D eigenvalue weighted by Crippen LogP contribution is 2.40. The van der Waals surface area contributed by atoms with Gasteiger partial charge in [-0.1, -0.05) is 44.0 Å². The molecule has 2 aliphatic rings. The highest BCUT2D eigenvalue weighted by Gasteiger charge is 2.24. The van der Waals surface area contributed by atoms with Crippen molar-refractivity contribution in [3.05, 3.63) is 35.4 Å². The van der Waals surface area contributed by atoms with Gasteiger partial charge in [-0.2, -0.15) is 0 Å². The normalized spacial score (nSPS) is 29.3. The Bertz CT molecular complexity index is 398. The molecule has 1 nitrogen and oxygen atoms in total. The molecular weight excluding hydrogens is 230 g/mol. The van der Waals surface area contributed by atoms with Crippen molar-refractivity contribution in [1.82, 2.24) is 5.32 Å². The summed E-state index contributed by atoms with van der Waals surface area (Å²) in [5.74, 6) is 2.58. The zero-order chi connectivity index (χ0) is 13.1. The maximum absolute atomic E-state index is 3.49. The van der Waals surface area contributed by atoms with Gasteiger partial charge in [0.2, 0.25) is 0 Å². The van der Waals surface area contributed by atoms with E-state index in [1.807, 2.05) is 0 Å². The Morgan fingerprint density at radius 1 is 0.789 bits per heavy atom. The summed E-state index contributed by atoms with van der Waals surface area (Å²) in [6.07, 6.45) is 8.29. The Morgan fingerprint density at radius 3 is 1.89 bits per heavy atom. The molecule has 1 aliphatic heterocycles. The van der Waals surface area contributed by atoms with E-state index in [1.165, 1.54) is 51.6 Å². The van der Waals surface area contributed by atoms with Gasteiger partial charge in [0.1, 0.15) is 0 Å². The summed E-state index contributed by atoms with van der Waals surface area (Å²) in [6, 6.07) is 9.31. The molecule has 0 radical (unpaired) electrons. The fourth-order valence-electron chi connectivity index (χ4n) is 3.96. The van der Waals surface area contributed by atoms with Gasteiger partial charge in [-0.25, -0.2) is 0 Å². The summed E-state index contributed by atoms with van der Waals surface area (Å²) in [7, 11) is 0. The van der Waals surface area contributed by atoms with Crippen LogP contribution in [-0.2, 0) is 0 Å². The maximum atomic E-state index is 3.49. The van der Waals surface area contributed by atoms with Gasteiger partial charge in [-0.3, -0.25) is 0 Å². The number of piperidine rings is 1. The molecule has 0 spiro atoms. The van der Waals surface area contributed by atoms with E-state index in [0.29, 0.717) is 0 Å². The van der Waals surface area contributed by atoms with Crippen LogP contribution in [0.2, 0.25) is 0 Å². The smallest absolute Gasteiger partial charge is 0.00431 e. The fourth-order valence-corrected chi connectivity index (χ4v) is 3.96. The van der Waals surface area contributed by atoms with Crippen LogP contribution in [0.4, 0.5) is 0 Å². The van der Waals surface area contributed by atoms with Crippen molar-refractivity contribution in [1.29, 1.82) is 0 Å². The third kappa shape index (κ3) is 3.02. The topological polar surface area (TPSA) is 12.0 Å². The summed E-state index contributed by atoms with van der Waals surface area (Å²) in [5, 5.41) is 3.49. The first-order valence-corrected chi connectivity index (χ1v) is 8.14. The van der Waals surface area contributed by atoms with E-state index in [-0.39, 0.29) is 0 Å². The number of nitrogens with one attached hydrogen (secondary N) is 1. The van der Waals surface area contributed by atoms with E-state index in [0.717, 1.165) is 17.8 Å². The zero-order valence-electron chi connectivity index (χ0n) is 12.2. The predicted octanol–water partition coefficient (Wildman–Crippen LogP) is 4.45. The largest absolute Gasteiger partial charge is 0.317 e. The average molecular weight is 257 g/mol. The molecule has 1 heteroatoms. The van der Waals surface area contributed by atoms with Crippen molar-refractivity contribution in [3.8, 4) is 0 Å². The van der Waals surface area contributed by atoms with E-state index >= 15 is 0 Å². The lowest BCUT2D eigenvalue weighted by atomic mass is 9.75. The van der Waals surface area contributed by atoms with Crippen LogP contribution in [0.5, 0.6) is 0 Å². The van der Waals surface area contributed by atoms with E-state index in [4.69, 9.17) is 0 Å². The third-order valence-electron chi connectivity index (χ3n) is 5.23. The van der Waals surface area contributed by atoms with E-state index < -0.39 is 0 Å². The van der Waals surface area contributed by atoms with Gasteiger partial charge in [0.05, 0.1) is 0 Å². The molecule has 2 fully saturated rings. The molecule has 0 unspecified atom stereocenters. The van der Waals surface area contributed by atoms with Gasteiger partial charge in [-0.05, 0) is 67.7 Å². The van der Waals surface area contributed by atoms with Gasteiger partial charge in [0.15, 0.2) is 0 Å². The first-order chi connectivity index (χ1) is 9.34. The first-order valence-electron chi connectivity index (χ1n) is 8.14. The first kappa shape index (κ1) is 13.2.